The zero-order valence-corrected chi connectivity index (χ0v) is 28.8. The Morgan fingerprint density at radius 2 is 1.06 bits per heavy atom. The van der Waals surface area contributed by atoms with Crippen LogP contribution in [0.2, 0.25) is 0 Å². The molecule has 2 aliphatic rings. The molecule has 0 unspecified atom stereocenters. The number of halogens is 2. The Kier molecular flexibility index (Phi) is 10.9. The van der Waals surface area contributed by atoms with Gasteiger partial charge in [0.25, 0.3) is 0 Å². The molecular formula is C35H38F2N2O8S2. The third-order valence-electron chi connectivity index (χ3n) is 7.82. The predicted octanol–water partition coefficient (Wildman–Crippen LogP) is 7.88. The van der Waals surface area contributed by atoms with Gasteiger partial charge in [-0.2, -0.15) is 0 Å². The second-order valence-electron chi connectivity index (χ2n) is 11.7. The van der Waals surface area contributed by atoms with Gasteiger partial charge in [-0.05, 0) is 98.2 Å². The fraction of sp³-hybridized carbons (Fsp3) is 0.314. The number of aryl methyl sites for hydroxylation is 2. The van der Waals surface area contributed by atoms with E-state index in [2.05, 4.69) is 9.44 Å². The topological polar surface area (TPSA) is 140 Å². The molecule has 2 saturated carbocycles. The lowest BCUT2D eigenvalue weighted by Crippen LogP contribution is -2.17. The molecule has 0 saturated heterocycles. The van der Waals surface area contributed by atoms with Crippen LogP contribution in [0.5, 0.6) is 34.5 Å². The van der Waals surface area contributed by atoms with Crippen LogP contribution in [0.1, 0.15) is 50.7 Å². The first-order valence-corrected chi connectivity index (χ1v) is 18.9. The minimum absolute atomic E-state index is 0.00285. The summed E-state index contributed by atoms with van der Waals surface area (Å²) < 4.78 is 97.0. The molecule has 262 valence electrons. The maximum Gasteiger partial charge on any atom is 0.235 e. The van der Waals surface area contributed by atoms with Crippen LogP contribution in [0.15, 0.2) is 72.8 Å². The number of nitrogens with one attached hydrogen (secondary N) is 2. The Morgan fingerprint density at radius 1 is 0.633 bits per heavy atom. The molecule has 0 bridgehead atoms. The van der Waals surface area contributed by atoms with Crippen molar-refractivity contribution in [2.75, 3.05) is 16.6 Å². The van der Waals surface area contributed by atoms with Gasteiger partial charge >= 0.3 is 0 Å². The van der Waals surface area contributed by atoms with E-state index in [0.29, 0.717) is 37.2 Å². The number of ether oxygens (including phenoxy) is 3. The Hall–Kier alpha value is -4.56. The van der Waals surface area contributed by atoms with Crippen molar-refractivity contribution in [2.45, 2.75) is 62.9 Å². The van der Waals surface area contributed by atoms with E-state index in [1.54, 1.807) is 24.3 Å². The number of phenolic OH excluding ortho intramolecular Hbond substituents is 1. The van der Waals surface area contributed by atoms with Crippen LogP contribution in [-0.4, -0.2) is 39.6 Å². The number of rotatable bonds is 13. The zero-order valence-electron chi connectivity index (χ0n) is 27.2. The lowest BCUT2D eigenvalue weighted by atomic mass is 10.1. The second-order valence-corrected chi connectivity index (χ2v) is 15.6. The SMILES string of the molecule is CCc1ccc(Oc2ccc(NS(=O)(=O)C3CC3)cc2F)c(O)c1.CCc1ccc(Oc2ccc(NS(=O)(=O)C3CC3)cc2F)c(OC)c1. The molecule has 0 radical (unpaired) electrons. The summed E-state index contributed by atoms with van der Waals surface area (Å²) in [6.07, 6.45) is 4.16. The largest absolute Gasteiger partial charge is 0.504 e. The summed E-state index contributed by atoms with van der Waals surface area (Å²) in [5.41, 5.74) is 2.35. The van der Waals surface area contributed by atoms with E-state index in [1.807, 2.05) is 26.0 Å². The van der Waals surface area contributed by atoms with E-state index >= 15 is 0 Å². The van der Waals surface area contributed by atoms with Crippen molar-refractivity contribution in [1.82, 2.24) is 0 Å². The first-order valence-electron chi connectivity index (χ1n) is 15.8. The highest BCUT2D eigenvalue weighted by Crippen LogP contribution is 2.37. The second kappa shape index (κ2) is 14.9. The summed E-state index contributed by atoms with van der Waals surface area (Å²) in [5, 5.41) is 9.16. The quantitative estimate of drug-likeness (QED) is 0.127. The number of benzene rings is 4. The number of phenols is 1. The average molecular weight is 717 g/mol. The molecule has 0 aromatic heterocycles. The summed E-state index contributed by atoms with van der Waals surface area (Å²) >= 11 is 0. The monoisotopic (exact) mass is 716 g/mol. The van der Waals surface area contributed by atoms with Crippen molar-refractivity contribution in [3.8, 4) is 34.5 Å². The van der Waals surface area contributed by atoms with Gasteiger partial charge in [-0.25, -0.2) is 25.6 Å². The lowest BCUT2D eigenvalue weighted by molar-refractivity contribution is 0.370. The minimum atomic E-state index is -3.44. The van der Waals surface area contributed by atoms with Crippen molar-refractivity contribution in [2.24, 2.45) is 0 Å². The van der Waals surface area contributed by atoms with Gasteiger partial charge in [0.1, 0.15) is 0 Å². The molecule has 0 aliphatic heterocycles. The van der Waals surface area contributed by atoms with Crippen LogP contribution < -0.4 is 23.7 Å². The smallest absolute Gasteiger partial charge is 0.235 e. The Balaban J connectivity index is 0.000000191. The van der Waals surface area contributed by atoms with E-state index in [1.165, 1.54) is 31.4 Å². The molecule has 0 amide bonds. The first kappa shape index (κ1) is 35.7. The molecule has 6 rings (SSSR count). The third kappa shape index (κ3) is 9.33. The molecule has 0 atom stereocenters. The van der Waals surface area contributed by atoms with Crippen molar-refractivity contribution < 1.29 is 44.9 Å². The highest BCUT2D eigenvalue weighted by molar-refractivity contribution is 7.93. The molecule has 10 nitrogen and oxygen atoms in total. The van der Waals surface area contributed by atoms with Gasteiger partial charge < -0.3 is 19.3 Å². The van der Waals surface area contributed by atoms with E-state index in [9.17, 15) is 30.7 Å². The third-order valence-corrected chi connectivity index (χ3v) is 11.6. The van der Waals surface area contributed by atoms with E-state index < -0.39 is 31.7 Å². The Morgan fingerprint density at radius 3 is 1.47 bits per heavy atom. The van der Waals surface area contributed by atoms with E-state index in [4.69, 9.17) is 14.2 Å². The maximum absolute atomic E-state index is 14.3. The highest BCUT2D eigenvalue weighted by Gasteiger charge is 2.36. The number of hydrogen-bond donors (Lipinski definition) is 3. The average Bonchev–Trinajstić information content (AvgIpc) is 3.97. The van der Waals surface area contributed by atoms with E-state index in [0.717, 1.165) is 36.1 Å². The summed E-state index contributed by atoms with van der Waals surface area (Å²) in [4.78, 5) is 0. The summed E-state index contributed by atoms with van der Waals surface area (Å²) in [6.45, 7) is 3.98. The molecule has 2 aliphatic carbocycles. The van der Waals surface area contributed by atoms with Crippen molar-refractivity contribution in [3.05, 3.63) is 95.6 Å². The molecule has 4 aromatic carbocycles. The molecule has 0 spiro atoms. The van der Waals surface area contributed by atoms with Gasteiger partial charge in [0.05, 0.1) is 29.0 Å². The van der Waals surface area contributed by atoms with Crippen LogP contribution >= 0.6 is 0 Å². The lowest BCUT2D eigenvalue weighted by Gasteiger charge is -2.13. The van der Waals surface area contributed by atoms with Crippen LogP contribution in [0.25, 0.3) is 0 Å². The van der Waals surface area contributed by atoms with E-state index in [-0.39, 0.29) is 44.9 Å². The summed E-state index contributed by atoms with van der Waals surface area (Å²) in [7, 11) is -5.34. The fourth-order valence-electron chi connectivity index (χ4n) is 4.67. The number of hydrogen-bond acceptors (Lipinski definition) is 8. The van der Waals surface area contributed by atoms with Gasteiger partial charge in [0.2, 0.25) is 20.0 Å². The molecule has 49 heavy (non-hydrogen) atoms. The maximum atomic E-state index is 14.3. The van der Waals surface area contributed by atoms with Gasteiger partial charge in [-0.1, -0.05) is 26.0 Å². The van der Waals surface area contributed by atoms with Crippen LogP contribution in [0.4, 0.5) is 20.2 Å². The normalized spacial score (nSPS) is 14.3. The van der Waals surface area contributed by atoms with Crippen LogP contribution in [0.3, 0.4) is 0 Å². The van der Waals surface area contributed by atoms with Crippen LogP contribution in [-0.2, 0) is 32.9 Å². The fourth-order valence-corrected chi connectivity index (χ4v) is 7.43. The van der Waals surface area contributed by atoms with Crippen molar-refractivity contribution >= 4 is 31.4 Å². The van der Waals surface area contributed by atoms with Gasteiger partial charge in [-0.15, -0.1) is 0 Å². The van der Waals surface area contributed by atoms with Crippen LogP contribution in [0, 0.1) is 11.6 Å². The molecule has 14 heteroatoms. The van der Waals surface area contributed by atoms with Gasteiger partial charge in [0, 0.05) is 12.1 Å². The summed E-state index contributed by atoms with van der Waals surface area (Å²) in [6, 6.07) is 18.2. The Bertz CT molecular complexity index is 2030. The number of aromatic hydroxyl groups is 1. The standard InChI is InChI=1S/C18H20FNO4S.C17H18FNO4S/c1-3-12-4-8-17(18(10-12)23-2)24-16-9-5-13(11-15(16)19)20-25(21,22)14-6-7-14;1-2-11-3-7-17(15(20)9-11)23-16-8-4-12(10-14(16)18)19-24(21,22)13-5-6-13/h4-5,8-11,14,20H,3,6-7H2,1-2H3;3-4,7-10,13,19-20H,2,5-6H2,1H3. The summed E-state index contributed by atoms with van der Waals surface area (Å²) in [5.74, 6) is -0.504. The molecule has 2 fully saturated rings. The first-order chi connectivity index (χ1) is 23.3. The molecule has 0 heterocycles. The number of methoxy groups -OCH3 is 1. The molecular weight excluding hydrogens is 679 g/mol. The molecule has 3 N–H and O–H groups in total. The van der Waals surface area contributed by atoms with Crippen molar-refractivity contribution in [1.29, 1.82) is 0 Å². The highest BCUT2D eigenvalue weighted by atomic mass is 32.2. The number of sulfonamides is 2. The molecule has 4 aromatic rings. The van der Waals surface area contributed by atoms with Gasteiger partial charge in [-0.3, -0.25) is 9.44 Å². The minimum Gasteiger partial charge on any atom is -0.504 e. The number of anilines is 2. The Labute approximate surface area is 285 Å². The van der Waals surface area contributed by atoms with Gasteiger partial charge in [0.15, 0.2) is 46.1 Å². The zero-order chi connectivity index (χ0) is 35.3. The predicted molar refractivity (Wildman–Crippen MR) is 184 cm³/mol. The van der Waals surface area contributed by atoms with Crippen molar-refractivity contribution in [3.63, 3.8) is 0 Å².